The van der Waals surface area contributed by atoms with Gasteiger partial charge in [0, 0.05) is 13.7 Å². The largest absolute Gasteiger partial charge is 0.367 e. The van der Waals surface area contributed by atoms with Gasteiger partial charge in [-0.2, -0.15) is 0 Å². The van der Waals surface area contributed by atoms with E-state index in [-0.39, 0.29) is 23.9 Å². The highest BCUT2D eigenvalue weighted by molar-refractivity contribution is 5.85. The molecule has 0 heterocycles. The first-order valence-corrected chi connectivity index (χ1v) is 6.70. The SMILES string of the molecule is COC(C(=O)NC(C)(CN)C1CC1)c1ccccc1.Cl. The van der Waals surface area contributed by atoms with E-state index >= 15 is 0 Å². The third-order valence-electron chi connectivity index (χ3n) is 3.89. The summed E-state index contributed by atoms with van der Waals surface area (Å²) in [6.07, 6.45) is 1.69. The molecule has 0 aromatic heterocycles. The lowest BCUT2D eigenvalue weighted by Gasteiger charge is -2.31. The van der Waals surface area contributed by atoms with Gasteiger partial charge in [0.05, 0.1) is 5.54 Å². The molecule has 1 aliphatic rings. The maximum Gasteiger partial charge on any atom is 0.254 e. The summed E-state index contributed by atoms with van der Waals surface area (Å²) in [4.78, 5) is 12.4. The van der Waals surface area contributed by atoms with Crippen molar-refractivity contribution in [3.63, 3.8) is 0 Å². The van der Waals surface area contributed by atoms with Crippen LogP contribution in [0.5, 0.6) is 0 Å². The lowest BCUT2D eigenvalue weighted by molar-refractivity contribution is -0.133. The van der Waals surface area contributed by atoms with Crippen LogP contribution in [0.25, 0.3) is 0 Å². The third kappa shape index (κ3) is 3.72. The first-order chi connectivity index (χ1) is 9.10. The standard InChI is InChI=1S/C15H22N2O2.ClH/c1-15(10-16,12-8-9-12)17-14(18)13(19-2)11-6-4-3-5-7-11;/h3-7,12-13H,8-10,16H2,1-2H3,(H,17,18);1H. The molecular weight excluding hydrogens is 276 g/mol. The molecule has 1 fully saturated rings. The molecule has 1 saturated carbocycles. The van der Waals surface area contributed by atoms with Crippen molar-refractivity contribution in [3.05, 3.63) is 35.9 Å². The number of methoxy groups -OCH3 is 1. The van der Waals surface area contributed by atoms with Crippen LogP contribution < -0.4 is 11.1 Å². The minimum atomic E-state index is -0.578. The van der Waals surface area contributed by atoms with Gasteiger partial charge in [0.25, 0.3) is 5.91 Å². The van der Waals surface area contributed by atoms with Crippen LogP contribution >= 0.6 is 12.4 Å². The monoisotopic (exact) mass is 298 g/mol. The van der Waals surface area contributed by atoms with E-state index in [0.29, 0.717) is 12.5 Å². The number of carbonyl (C=O) groups excluding carboxylic acids is 1. The molecule has 1 aromatic rings. The summed E-state index contributed by atoms with van der Waals surface area (Å²) < 4.78 is 5.34. The van der Waals surface area contributed by atoms with Crippen LogP contribution in [0.15, 0.2) is 30.3 Å². The summed E-state index contributed by atoms with van der Waals surface area (Å²) >= 11 is 0. The summed E-state index contributed by atoms with van der Waals surface area (Å²) in [5, 5.41) is 3.07. The van der Waals surface area contributed by atoms with E-state index in [2.05, 4.69) is 5.32 Å². The zero-order valence-corrected chi connectivity index (χ0v) is 12.8. The first kappa shape index (κ1) is 17.0. The lowest BCUT2D eigenvalue weighted by atomic mass is 9.95. The molecule has 1 aromatic carbocycles. The molecule has 2 rings (SSSR count). The van der Waals surface area contributed by atoms with E-state index in [1.54, 1.807) is 7.11 Å². The van der Waals surface area contributed by atoms with Gasteiger partial charge in [-0.3, -0.25) is 4.79 Å². The fourth-order valence-electron chi connectivity index (χ4n) is 2.41. The van der Waals surface area contributed by atoms with Gasteiger partial charge in [0.15, 0.2) is 6.10 Å². The van der Waals surface area contributed by atoms with Crippen LogP contribution in [0.1, 0.15) is 31.4 Å². The van der Waals surface area contributed by atoms with Gasteiger partial charge in [-0.15, -0.1) is 12.4 Å². The number of nitrogens with two attached hydrogens (primary N) is 1. The average Bonchev–Trinajstić information content (AvgIpc) is 3.25. The van der Waals surface area contributed by atoms with Crippen molar-refractivity contribution in [3.8, 4) is 0 Å². The molecule has 5 heteroatoms. The van der Waals surface area contributed by atoms with Gasteiger partial charge >= 0.3 is 0 Å². The summed E-state index contributed by atoms with van der Waals surface area (Å²) in [7, 11) is 1.55. The Morgan fingerprint density at radius 1 is 1.45 bits per heavy atom. The van der Waals surface area contributed by atoms with Gasteiger partial charge in [-0.05, 0) is 31.2 Å². The highest BCUT2D eigenvalue weighted by Gasteiger charge is 2.42. The summed E-state index contributed by atoms with van der Waals surface area (Å²) in [6.45, 7) is 2.47. The lowest BCUT2D eigenvalue weighted by Crippen LogP contribution is -2.54. The number of benzene rings is 1. The van der Waals surface area contributed by atoms with E-state index in [4.69, 9.17) is 10.5 Å². The quantitative estimate of drug-likeness (QED) is 0.845. The molecule has 0 saturated heterocycles. The minimum Gasteiger partial charge on any atom is -0.367 e. The molecule has 1 amide bonds. The van der Waals surface area contributed by atoms with Gasteiger partial charge < -0.3 is 15.8 Å². The van der Waals surface area contributed by atoms with Crippen molar-refractivity contribution in [2.45, 2.75) is 31.4 Å². The molecule has 0 spiro atoms. The second kappa shape index (κ2) is 7.07. The van der Waals surface area contributed by atoms with E-state index < -0.39 is 6.10 Å². The zero-order chi connectivity index (χ0) is 13.9. The number of carbonyl (C=O) groups is 1. The van der Waals surface area contributed by atoms with Gasteiger partial charge in [0.2, 0.25) is 0 Å². The molecule has 0 aliphatic heterocycles. The summed E-state index contributed by atoms with van der Waals surface area (Å²) in [5.74, 6) is 0.378. The molecule has 4 nitrogen and oxygen atoms in total. The molecule has 3 N–H and O–H groups in total. The number of hydrogen-bond donors (Lipinski definition) is 2. The predicted octanol–water partition coefficient (Wildman–Crippen LogP) is 2.04. The molecule has 20 heavy (non-hydrogen) atoms. The van der Waals surface area contributed by atoms with Crippen molar-refractivity contribution in [1.82, 2.24) is 5.32 Å². The van der Waals surface area contributed by atoms with Crippen LogP contribution in [0.4, 0.5) is 0 Å². The van der Waals surface area contributed by atoms with Crippen molar-refractivity contribution in [2.75, 3.05) is 13.7 Å². The van der Waals surface area contributed by atoms with Crippen molar-refractivity contribution in [2.24, 2.45) is 11.7 Å². The second-order valence-electron chi connectivity index (χ2n) is 5.41. The van der Waals surface area contributed by atoms with E-state index in [0.717, 1.165) is 18.4 Å². The third-order valence-corrected chi connectivity index (χ3v) is 3.89. The maximum absolute atomic E-state index is 12.4. The van der Waals surface area contributed by atoms with Gasteiger partial charge in [-0.25, -0.2) is 0 Å². The number of hydrogen-bond acceptors (Lipinski definition) is 3. The number of ether oxygens (including phenoxy) is 1. The molecule has 2 unspecified atom stereocenters. The fourth-order valence-corrected chi connectivity index (χ4v) is 2.41. The smallest absolute Gasteiger partial charge is 0.254 e. The number of amides is 1. The van der Waals surface area contributed by atoms with Crippen LogP contribution in [-0.4, -0.2) is 25.1 Å². The molecular formula is C15H23ClN2O2. The van der Waals surface area contributed by atoms with Crippen LogP contribution in [0.2, 0.25) is 0 Å². The Morgan fingerprint density at radius 2 is 2.05 bits per heavy atom. The zero-order valence-electron chi connectivity index (χ0n) is 12.0. The Bertz CT molecular complexity index is 437. The molecule has 0 bridgehead atoms. The van der Waals surface area contributed by atoms with Crippen LogP contribution in [-0.2, 0) is 9.53 Å². The summed E-state index contributed by atoms with van der Waals surface area (Å²) in [6, 6.07) is 9.51. The first-order valence-electron chi connectivity index (χ1n) is 6.70. The van der Waals surface area contributed by atoms with Crippen molar-refractivity contribution >= 4 is 18.3 Å². The van der Waals surface area contributed by atoms with E-state index in [1.807, 2.05) is 37.3 Å². The minimum absolute atomic E-state index is 0. The molecule has 0 radical (unpaired) electrons. The number of nitrogens with one attached hydrogen (secondary N) is 1. The van der Waals surface area contributed by atoms with E-state index in [1.165, 1.54) is 0 Å². The molecule has 1 aliphatic carbocycles. The van der Waals surface area contributed by atoms with E-state index in [9.17, 15) is 4.79 Å². The van der Waals surface area contributed by atoms with Gasteiger partial charge in [-0.1, -0.05) is 30.3 Å². The van der Waals surface area contributed by atoms with Crippen molar-refractivity contribution in [1.29, 1.82) is 0 Å². The molecule has 112 valence electrons. The van der Waals surface area contributed by atoms with Crippen molar-refractivity contribution < 1.29 is 9.53 Å². The Hall–Kier alpha value is -1.10. The Labute approximate surface area is 126 Å². The molecule has 2 atom stereocenters. The summed E-state index contributed by atoms with van der Waals surface area (Å²) in [5.41, 5.74) is 6.36. The highest BCUT2D eigenvalue weighted by Crippen LogP contribution is 2.39. The Kier molecular flexibility index (Phi) is 5.99. The number of rotatable bonds is 6. The average molecular weight is 299 g/mol. The maximum atomic E-state index is 12.4. The normalized spacial score (nSPS) is 18.6. The van der Waals surface area contributed by atoms with Crippen LogP contribution in [0, 0.1) is 5.92 Å². The Balaban J connectivity index is 0.00000200. The fraction of sp³-hybridized carbons (Fsp3) is 0.533. The Morgan fingerprint density at radius 3 is 2.50 bits per heavy atom. The number of halogens is 1. The highest BCUT2D eigenvalue weighted by atomic mass is 35.5. The second-order valence-corrected chi connectivity index (χ2v) is 5.41. The van der Waals surface area contributed by atoms with Gasteiger partial charge in [0.1, 0.15) is 0 Å². The topological polar surface area (TPSA) is 64.3 Å². The predicted molar refractivity (Wildman–Crippen MR) is 81.8 cm³/mol. The van der Waals surface area contributed by atoms with Crippen LogP contribution in [0.3, 0.4) is 0 Å².